The SMILES string of the molecule is COCc1nc(CCN2CCCC2)sc1C(N)=S. The fourth-order valence-corrected chi connectivity index (χ4v) is 3.35. The Kier molecular flexibility index (Phi) is 5.05. The topological polar surface area (TPSA) is 51.4 Å². The molecule has 100 valence electrons. The molecule has 1 aliphatic rings. The van der Waals surface area contributed by atoms with Crippen molar-refractivity contribution in [2.75, 3.05) is 26.7 Å². The first-order valence-corrected chi connectivity index (χ1v) is 7.43. The van der Waals surface area contributed by atoms with Gasteiger partial charge in [0, 0.05) is 20.1 Å². The Labute approximate surface area is 117 Å². The molecule has 0 amide bonds. The molecule has 1 aliphatic heterocycles. The summed E-state index contributed by atoms with van der Waals surface area (Å²) in [5, 5.41) is 1.11. The van der Waals surface area contributed by atoms with Gasteiger partial charge in [-0.3, -0.25) is 0 Å². The van der Waals surface area contributed by atoms with Gasteiger partial charge in [-0.15, -0.1) is 11.3 Å². The lowest BCUT2D eigenvalue weighted by molar-refractivity contribution is 0.181. The van der Waals surface area contributed by atoms with Crippen LogP contribution in [0.2, 0.25) is 0 Å². The van der Waals surface area contributed by atoms with Crippen LogP contribution in [0.15, 0.2) is 0 Å². The van der Waals surface area contributed by atoms with Crippen molar-refractivity contribution < 1.29 is 4.74 Å². The average molecular weight is 285 g/mol. The van der Waals surface area contributed by atoms with Gasteiger partial charge in [0.25, 0.3) is 0 Å². The first-order valence-electron chi connectivity index (χ1n) is 6.20. The number of nitrogens with two attached hydrogens (primary N) is 1. The molecule has 0 bridgehead atoms. The number of aromatic nitrogens is 1. The van der Waals surface area contributed by atoms with E-state index in [0.29, 0.717) is 11.6 Å². The van der Waals surface area contributed by atoms with Crippen molar-refractivity contribution in [3.05, 3.63) is 15.6 Å². The molecule has 6 heteroatoms. The molecule has 0 aliphatic carbocycles. The maximum Gasteiger partial charge on any atom is 0.116 e. The van der Waals surface area contributed by atoms with Crippen LogP contribution in [-0.2, 0) is 17.8 Å². The van der Waals surface area contributed by atoms with E-state index in [9.17, 15) is 0 Å². The molecule has 0 saturated carbocycles. The number of ether oxygens (including phenoxy) is 1. The Morgan fingerprint density at radius 3 is 2.83 bits per heavy atom. The Bertz CT molecular complexity index is 413. The number of likely N-dealkylation sites (tertiary alicyclic amines) is 1. The van der Waals surface area contributed by atoms with Gasteiger partial charge < -0.3 is 15.4 Å². The van der Waals surface area contributed by atoms with Gasteiger partial charge in [-0.1, -0.05) is 12.2 Å². The summed E-state index contributed by atoms with van der Waals surface area (Å²) in [6.07, 6.45) is 3.62. The van der Waals surface area contributed by atoms with Gasteiger partial charge in [0.05, 0.1) is 22.2 Å². The lowest BCUT2D eigenvalue weighted by atomic mass is 10.3. The van der Waals surface area contributed by atoms with Gasteiger partial charge in [0.1, 0.15) is 4.99 Å². The third kappa shape index (κ3) is 3.47. The minimum Gasteiger partial charge on any atom is -0.389 e. The summed E-state index contributed by atoms with van der Waals surface area (Å²) < 4.78 is 5.13. The number of thiazole rings is 1. The number of thiocarbonyl (C=S) groups is 1. The predicted molar refractivity (Wildman–Crippen MR) is 78.1 cm³/mol. The molecule has 0 aromatic carbocycles. The van der Waals surface area contributed by atoms with E-state index >= 15 is 0 Å². The highest BCUT2D eigenvalue weighted by Crippen LogP contribution is 2.20. The highest BCUT2D eigenvalue weighted by Gasteiger charge is 2.15. The van der Waals surface area contributed by atoms with Crippen LogP contribution in [0, 0.1) is 0 Å². The highest BCUT2D eigenvalue weighted by atomic mass is 32.1. The molecule has 1 aromatic rings. The molecule has 0 spiro atoms. The molecule has 0 atom stereocenters. The van der Waals surface area contributed by atoms with E-state index in [1.807, 2.05) is 0 Å². The molecule has 1 fully saturated rings. The largest absolute Gasteiger partial charge is 0.389 e. The van der Waals surface area contributed by atoms with Crippen LogP contribution in [-0.4, -0.2) is 41.6 Å². The van der Waals surface area contributed by atoms with Crippen LogP contribution in [0.1, 0.15) is 28.4 Å². The highest BCUT2D eigenvalue weighted by molar-refractivity contribution is 7.81. The molecule has 2 rings (SSSR count). The van der Waals surface area contributed by atoms with E-state index < -0.39 is 0 Å². The summed E-state index contributed by atoms with van der Waals surface area (Å²) in [6, 6.07) is 0. The quantitative estimate of drug-likeness (QED) is 0.804. The summed E-state index contributed by atoms with van der Waals surface area (Å²) in [4.78, 5) is 8.39. The van der Waals surface area contributed by atoms with Crippen LogP contribution >= 0.6 is 23.6 Å². The van der Waals surface area contributed by atoms with Crippen molar-refractivity contribution >= 4 is 28.5 Å². The second-order valence-electron chi connectivity index (χ2n) is 4.48. The zero-order chi connectivity index (χ0) is 13.0. The van der Waals surface area contributed by atoms with Crippen LogP contribution in [0.4, 0.5) is 0 Å². The number of hydrogen-bond acceptors (Lipinski definition) is 5. The van der Waals surface area contributed by atoms with Crippen LogP contribution in [0.3, 0.4) is 0 Å². The van der Waals surface area contributed by atoms with E-state index in [1.54, 1.807) is 18.4 Å². The first-order chi connectivity index (χ1) is 8.70. The summed E-state index contributed by atoms with van der Waals surface area (Å²) in [6.45, 7) is 4.00. The molecule has 18 heavy (non-hydrogen) atoms. The fourth-order valence-electron chi connectivity index (χ4n) is 2.19. The molecule has 2 heterocycles. The smallest absolute Gasteiger partial charge is 0.116 e. The molecule has 1 aromatic heterocycles. The van der Waals surface area contributed by atoms with E-state index in [4.69, 9.17) is 22.7 Å². The molecule has 2 N–H and O–H groups in total. The van der Waals surface area contributed by atoms with Crippen LogP contribution < -0.4 is 5.73 Å². The lowest BCUT2D eigenvalue weighted by Crippen LogP contribution is -2.21. The number of rotatable bonds is 6. The van der Waals surface area contributed by atoms with Gasteiger partial charge in [0.2, 0.25) is 0 Å². The van der Waals surface area contributed by atoms with Crippen molar-refractivity contribution in [3.63, 3.8) is 0 Å². The Balaban J connectivity index is 1.99. The number of hydrogen-bond donors (Lipinski definition) is 1. The van der Waals surface area contributed by atoms with Gasteiger partial charge in [0.15, 0.2) is 0 Å². The number of nitrogens with zero attached hydrogens (tertiary/aromatic N) is 2. The Morgan fingerprint density at radius 1 is 1.50 bits per heavy atom. The minimum absolute atomic E-state index is 0.423. The van der Waals surface area contributed by atoms with E-state index in [0.717, 1.165) is 28.5 Å². The van der Waals surface area contributed by atoms with Crippen molar-refractivity contribution in [1.82, 2.24) is 9.88 Å². The summed E-state index contributed by atoms with van der Waals surface area (Å²) in [7, 11) is 1.66. The first kappa shape index (κ1) is 13.9. The summed E-state index contributed by atoms with van der Waals surface area (Å²) in [5.74, 6) is 0. The van der Waals surface area contributed by atoms with E-state index in [1.165, 1.54) is 25.9 Å². The maximum absolute atomic E-state index is 5.71. The summed E-state index contributed by atoms with van der Waals surface area (Å²) >= 11 is 6.66. The van der Waals surface area contributed by atoms with Crippen molar-refractivity contribution in [3.8, 4) is 0 Å². The van der Waals surface area contributed by atoms with E-state index in [2.05, 4.69) is 9.88 Å². The van der Waals surface area contributed by atoms with E-state index in [-0.39, 0.29) is 0 Å². The average Bonchev–Trinajstić information content (AvgIpc) is 2.95. The molecular formula is C12H19N3OS2. The standard InChI is InChI=1S/C12H19N3OS2/c1-16-8-9-11(12(13)17)18-10(14-9)4-7-15-5-2-3-6-15/h2-8H2,1H3,(H2,13,17). The molecule has 1 saturated heterocycles. The molecule has 0 radical (unpaired) electrons. The third-order valence-corrected chi connectivity index (χ3v) is 4.61. The molecular weight excluding hydrogens is 266 g/mol. The molecule has 0 unspecified atom stereocenters. The van der Waals surface area contributed by atoms with Gasteiger partial charge >= 0.3 is 0 Å². The molecule has 4 nitrogen and oxygen atoms in total. The second kappa shape index (κ2) is 6.56. The normalized spacial score (nSPS) is 16.3. The third-order valence-electron chi connectivity index (χ3n) is 3.09. The van der Waals surface area contributed by atoms with Crippen molar-refractivity contribution in [2.24, 2.45) is 5.73 Å². The predicted octanol–water partition coefficient (Wildman–Crippen LogP) is 1.56. The minimum atomic E-state index is 0.423. The zero-order valence-electron chi connectivity index (χ0n) is 10.6. The van der Waals surface area contributed by atoms with Crippen LogP contribution in [0.25, 0.3) is 0 Å². The van der Waals surface area contributed by atoms with Gasteiger partial charge in [-0.2, -0.15) is 0 Å². The van der Waals surface area contributed by atoms with Crippen molar-refractivity contribution in [1.29, 1.82) is 0 Å². The Hall–Kier alpha value is -0.560. The second-order valence-corrected chi connectivity index (χ2v) is 6.00. The fraction of sp³-hybridized carbons (Fsp3) is 0.667. The van der Waals surface area contributed by atoms with Gasteiger partial charge in [-0.25, -0.2) is 4.98 Å². The number of methoxy groups -OCH3 is 1. The zero-order valence-corrected chi connectivity index (χ0v) is 12.3. The summed E-state index contributed by atoms with van der Waals surface area (Å²) in [5.41, 5.74) is 6.59. The Morgan fingerprint density at radius 2 is 2.22 bits per heavy atom. The van der Waals surface area contributed by atoms with Gasteiger partial charge in [-0.05, 0) is 25.9 Å². The van der Waals surface area contributed by atoms with Crippen LogP contribution in [0.5, 0.6) is 0 Å². The maximum atomic E-state index is 5.71. The monoisotopic (exact) mass is 285 g/mol. The van der Waals surface area contributed by atoms with Crippen molar-refractivity contribution in [2.45, 2.75) is 25.9 Å². The lowest BCUT2D eigenvalue weighted by Gasteiger charge is -2.12.